The van der Waals surface area contributed by atoms with Crippen LogP contribution in [0.15, 0.2) is 23.1 Å². The fraction of sp³-hybridized carbons (Fsp3) is 0.571. The van der Waals surface area contributed by atoms with E-state index in [-0.39, 0.29) is 0 Å². The molecule has 1 saturated heterocycles. The predicted molar refractivity (Wildman–Crippen MR) is 80.2 cm³/mol. The Morgan fingerprint density at radius 2 is 1.80 bits per heavy atom. The van der Waals surface area contributed by atoms with Gasteiger partial charge in [-0.3, -0.25) is 4.90 Å². The topological polar surface area (TPSA) is 66.6 Å². The molecule has 0 atom stereocenters. The molecule has 0 saturated carbocycles. The Balaban J connectivity index is 2.15. The van der Waals surface area contributed by atoms with Gasteiger partial charge in [0.1, 0.15) is 0 Å². The standard InChI is InChI=1S/C14H23N3O2S/c1-12-3-4-14(13(2)11-12)20(18,19)17-9-7-16(6-5-15)8-10-17/h3-4,11H,5-10,15H2,1-2H3. The third kappa shape index (κ3) is 3.20. The lowest BCUT2D eigenvalue weighted by molar-refractivity contribution is 0.192. The van der Waals surface area contributed by atoms with E-state index in [4.69, 9.17) is 5.73 Å². The van der Waals surface area contributed by atoms with Gasteiger partial charge < -0.3 is 5.73 Å². The number of hydrogen-bond acceptors (Lipinski definition) is 4. The summed E-state index contributed by atoms with van der Waals surface area (Å²) in [5.41, 5.74) is 7.42. The number of nitrogens with zero attached hydrogens (tertiary/aromatic N) is 2. The number of benzene rings is 1. The zero-order valence-corrected chi connectivity index (χ0v) is 13.0. The maximum atomic E-state index is 12.7. The molecule has 1 aliphatic heterocycles. The quantitative estimate of drug-likeness (QED) is 0.882. The SMILES string of the molecule is Cc1ccc(S(=O)(=O)N2CCN(CCN)CC2)c(C)c1. The molecule has 2 N–H and O–H groups in total. The van der Waals surface area contributed by atoms with Gasteiger partial charge in [0.05, 0.1) is 4.90 Å². The largest absolute Gasteiger partial charge is 0.329 e. The normalized spacial score (nSPS) is 18.4. The van der Waals surface area contributed by atoms with Crippen LogP contribution in [-0.2, 0) is 10.0 Å². The van der Waals surface area contributed by atoms with E-state index in [1.165, 1.54) is 0 Å². The first-order valence-corrected chi connectivity index (χ1v) is 8.39. The Bertz CT molecular complexity index is 564. The van der Waals surface area contributed by atoms with Gasteiger partial charge in [-0.2, -0.15) is 4.31 Å². The minimum absolute atomic E-state index is 0.426. The summed E-state index contributed by atoms with van der Waals surface area (Å²) in [5.74, 6) is 0. The molecular formula is C14H23N3O2S. The molecule has 1 fully saturated rings. The molecule has 2 rings (SSSR count). The molecule has 20 heavy (non-hydrogen) atoms. The van der Waals surface area contributed by atoms with Crippen LogP contribution in [0.2, 0.25) is 0 Å². The summed E-state index contributed by atoms with van der Waals surface area (Å²) in [6, 6.07) is 5.48. The van der Waals surface area contributed by atoms with Crippen LogP contribution in [0.5, 0.6) is 0 Å². The van der Waals surface area contributed by atoms with Crippen molar-refractivity contribution in [3.05, 3.63) is 29.3 Å². The van der Waals surface area contributed by atoms with Crippen LogP contribution in [0.4, 0.5) is 0 Å². The van der Waals surface area contributed by atoms with Gasteiger partial charge in [0.25, 0.3) is 0 Å². The van der Waals surface area contributed by atoms with Crippen molar-refractivity contribution in [1.82, 2.24) is 9.21 Å². The fourth-order valence-corrected chi connectivity index (χ4v) is 4.23. The lowest BCUT2D eigenvalue weighted by Crippen LogP contribution is -2.49. The fourth-order valence-electron chi connectivity index (χ4n) is 2.60. The minimum Gasteiger partial charge on any atom is -0.329 e. The van der Waals surface area contributed by atoms with E-state index in [2.05, 4.69) is 4.90 Å². The summed E-state index contributed by atoms with van der Waals surface area (Å²) in [7, 11) is -3.37. The number of hydrogen-bond donors (Lipinski definition) is 1. The minimum atomic E-state index is -3.37. The molecule has 112 valence electrons. The second-order valence-corrected chi connectivity index (χ2v) is 7.21. The average molecular weight is 297 g/mol. The maximum absolute atomic E-state index is 12.7. The molecular weight excluding hydrogens is 274 g/mol. The Hall–Kier alpha value is -0.950. The van der Waals surface area contributed by atoms with E-state index >= 15 is 0 Å². The predicted octanol–water partition coefficient (Wildman–Crippen LogP) is 0.568. The third-order valence-electron chi connectivity index (χ3n) is 3.72. The van der Waals surface area contributed by atoms with Gasteiger partial charge in [-0.1, -0.05) is 17.7 Å². The van der Waals surface area contributed by atoms with Gasteiger partial charge in [0.2, 0.25) is 10.0 Å². The third-order valence-corrected chi connectivity index (χ3v) is 5.78. The average Bonchev–Trinajstić information content (AvgIpc) is 2.39. The van der Waals surface area contributed by atoms with Gasteiger partial charge >= 0.3 is 0 Å². The number of rotatable bonds is 4. The molecule has 1 heterocycles. The van der Waals surface area contributed by atoms with Gasteiger partial charge in [-0.15, -0.1) is 0 Å². The molecule has 1 aromatic carbocycles. The van der Waals surface area contributed by atoms with Crippen molar-refractivity contribution in [2.75, 3.05) is 39.3 Å². The van der Waals surface area contributed by atoms with Crippen molar-refractivity contribution in [2.24, 2.45) is 5.73 Å². The summed E-state index contributed by atoms with van der Waals surface area (Å²) in [4.78, 5) is 2.63. The number of nitrogens with two attached hydrogens (primary N) is 1. The van der Waals surface area contributed by atoms with Crippen molar-refractivity contribution in [3.63, 3.8) is 0 Å². The highest BCUT2D eigenvalue weighted by Crippen LogP contribution is 2.21. The summed E-state index contributed by atoms with van der Waals surface area (Å²) < 4.78 is 26.9. The number of aryl methyl sites for hydroxylation is 2. The first kappa shape index (κ1) is 15.4. The highest BCUT2D eigenvalue weighted by atomic mass is 32.2. The molecule has 0 amide bonds. The van der Waals surface area contributed by atoms with Crippen LogP contribution < -0.4 is 5.73 Å². The van der Waals surface area contributed by atoms with E-state index in [0.717, 1.165) is 30.8 Å². The van der Waals surface area contributed by atoms with Crippen LogP contribution in [0.25, 0.3) is 0 Å². The Kier molecular flexibility index (Phi) is 4.80. The highest BCUT2D eigenvalue weighted by Gasteiger charge is 2.29. The van der Waals surface area contributed by atoms with Crippen molar-refractivity contribution < 1.29 is 8.42 Å². The molecule has 1 aliphatic rings. The number of piperazine rings is 1. The zero-order chi connectivity index (χ0) is 14.8. The van der Waals surface area contributed by atoms with Gasteiger partial charge in [0.15, 0.2) is 0 Å². The van der Waals surface area contributed by atoms with Crippen LogP contribution in [-0.4, -0.2) is 56.9 Å². The Morgan fingerprint density at radius 1 is 1.15 bits per heavy atom. The Labute approximate surface area is 121 Å². The van der Waals surface area contributed by atoms with Crippen molar-refractivity contribution >= 4 is 10.0 Å². The lowest BCUT2D eigenvalue weighted by atomic mass is 10.2. The molecule has 5 nitrogen and oxygen atoms in total. The maximum Gasteiger partial charge on any atom is 0.243 e. The molecule has 1 aromatic rings. The van der Waals surface area contributed by atoms with Crippen LogP contribution in [0.3, 0.4) is 0 Å². The first-order valence-electron chi connectivity index (χ1n) is 6.95. The molecule has 0 aromatic heterocycles. The summed E-state index contributed by atoms with van der Waals surface area (Å²) in [6.45, 7) is 7.84. The van der Waals surface area contributed by atoms with Gasteiger partial charge in [-0.05, 0) is 25.5 Å². The first-order chi connectivity index (χ1) is 9.45. The molecule has 0 radical (unpaired) electrons. The van der Waals surface area contributed by atoms with E-state index in [9.17, 15) is 8.42 Å². The van der Waals surface area contributed by atoms with E-state index in [0.29, 0.717) is 24.5 Å². The van der Waals surface area contributed by atoms with Crippen molar-refractivity contribution in [1.29, 1.82) is 0 Å². The lowest BCUT2D eigenvalue weighted by Gasteiger charge is -2.33. The van der Waals surface area contributed by atoms with Crippen LogP contribution in [0.1, 0.15) is 11.1 Å². The molecule has 6 heteroatoms. The second kappa shape index (κ2) is 6.22. The Morgan fingerprint density at radius 3 is 2.35 bits per heavy atom. The summed E-state index contributed by atoms with van der Waals surface area (Å²) >= 11 is 0. The van der Waals surface area contributed by atoms with Crippen molar-refractivity contribution in [3.8, 4) is 0 Å². The second-order valence-electron chi connectivity index (χ2n) is 5.30. The van der Waals surface area contributed by atoms with Crippen LogP contribution in [0, 0.1) is 13.8 Å². The summed E-state index contributed by atoms with van der Waals surface area (Å²) in [5, 5.41) is 0. The summed E-state index contributed by atoms with van der Waals surface area (Å²) in [6.07, 6.45) is 0. The molecule has 0 bridgehead atoms. The van der Waals surface area contributed by atoms with E-state index in [1.54, 1.807) is 10.4 Å². The van der Waals surface area contributed by atoms with Gasteiger partial charge in [-0.25, -0.2) is 8.42 Å². The van der Waals surface area contributed by atoms with E-state index in [1.807, 2.05) is 26.0 Å². The van der Waals surface area contributed by atoms with Crippen LogP contribution >= 0.6 is 0 Å². The molecule has 0 aliphatic carbocycles. The molecule has 0 spiro atoms. The van der Waals surface area contributed by atoms with Gasteiger partial charge in [0, 0.05) is 39.3 Å². The molecule has 0 unspecified atom stereocenters. The monoisotopic (exact) mass is 297 g/mol. The zero-order valence-electron chi connectivity index (χ0n) is 12.2. The van der Waals surface area contributed by atoms with Crippen molar-refractivity contribution in [2.45, 2.75) is 18.7 Å². The highest BCUT2D eigenvalue weighted by molar-refractivity contribution is 7.89. The smallest absolute Gasteiger partial charge is 0.243 e. The van der Waals surface area contributed by atoms with E-state index < -0.39 is 10.0 Å². The number of sulfonamides is 1.